The molecular formula is C14H13FN2O4S. The fourth-order valence-electron chi connectivity index (χ4n) is 1.88. The van der Waals surface area contributed by atoms with Crippen molar-refractivity contribution < 1.29 is 22.3 Å². The summed E-state index contributed by atoms with van der Waals surface area (Å²) in [4.78, 5) is 19.7. The van der Waals surface area contributed by atoms with Crippen LogP contribution < -0.4 is 0 Å². The van der Waals surface area contributed by atoms with Gasteiger partial charge in [0.1, 0.15) is 11.4 Å². The van der Waals surface area contributed by atoms with Crippen molar-refractivity contribution in [2.24, 2.45) is 0 Å². The van der Waals surface area contributed by atoms with Crippen LogP contribution in [0.2, 0.25) is 0 Å². The fraction of sp³-hybridized carbons (Fsp3) is 0.214. The number of halogens is 1. The molecule has 116 valence electrons. The minimum Gasteiger partial charge on any atom is -0.465 e. The lowest BCUT2D eigenvalue weighted by Crippen LogP contribution is -2.14. The van der Waals surface area contributed by atoms with Gasteiger partial charge in [0.15, 0.2) is 0 Å². The second kappa shape index (κ2) is 5.80. The van der Waals surface area contributed by atoms with Crippen LogP contribution in [0.4, 0.5) is 4.39 Å². The van der Waals surface area contributed by atoms with E-state index < -0.39 is 26.8 Å². The average molecular weight is 324 g/mol. The molecule has 0 unspecified atom stereocenters. The second-order valence-electron chi connectivity index (χ2n) is 4.59. The van der Waals surface area contributed by atoms with Gasteiger partial charge in [0, 0.05) is 11.8 Å². The van der Waals surface area contributed by atoms with E-state index in [-0.39, 0.29) is 17.0 Å². The maximum atomic E-state index is 13.1. The number of carbonyl (C=O) groups is 1. The molecule has 0 aliphatic rings. The number of hydrogen-bond donors (Lipinski definition) is 0. The molecule has 8 heteroatoms. The van der Waals surface area contributed by atoms with Crippen LogP contribution in [0.3, 0.4) is 0 Å². The molecule has 0 amide bonds. The van der Waals surface area contributed by atoms with Crippen molar-refractivity contribution in [3.05, 3.63) is 41.3 Å². The summed E-state index contributed by atoms with van der Waals surface area (Å²) in [6, 6.07) is 5.17. The van der Waals surface area contributed by atoms with Gasteiger partial charge >= 0.3 is 5.97 Å². The molecule has 0 atom stereocenters. The standard InChI is InChI=1S/C14H13FN2O4S/c1-8-11(13(18)21-2)12(9-4-6-10(15)7-5-9)17-14(16-8)22(3,19)20/h4-7H,1-3H3. The summed E-state index contributed by atoms with van der Waals surface area (Å²) in [6.45, 7) is 1.48. The maximum absolute atomic E-state index is 13.1. The molecule has 0 saturated heterocycles. The number of carbonyl (C=O) groups excluding carboxylic acids is 1. The van der Waals surface area contributed by atoms with E-state index >= 15 is 0 Å². The molecule has 1 aromatic heterocycles. The van der Waals surface area contributed by atoms with Gasteiger partial charge in [-0.2, -0.15) is 0 Å². The number of nitrogens with zero attached hydrogens (tertiary/aromatic N) is 2. The van der Waals surface area contributed by atoms with Gasteiger partial charge in [0.2, 0.25) is 15.0 Å². The van der Waals surface area contributed by atoms with Gasteiger partial charge in [0.25, 0.3) is 0 Å². The first-order valence-corrected chi connectivity index (χ1v) is 8.06. The SMILES string of the molecule is COC(=O)c1c(C)nc(S(C)(=O)=O)nc1-c1ccc(F)cc1. The lowest BCUT2D eigenvalue weighted by atomic mass is 10.0. The van der Waals surface area contributed by atoms with Crippen LogP contribution in [0.15, 0.2) is 29.4 Å². The molecule has 1 heterocycles. The summed E-state index contributed by atoms with van der Waals surface area (Å²) in [7, 11) is -2.47. The zero-order valence-electron chi connectivity index (χ0n) is 12.1. The molecule has 1 aromatic carbocycles. The van der Waals surface area contributed by atoms with E-state index in [1.165, 1.54) is 38.3 Å². The first-order chi connectivity index (χ1) is 10.2. The maximum Gasteiger partial charge on any atom is 0.341 e. The van der Waals surface area contributed by atoms with E-state index in [0.717, 1.165) is 6.26 Å². The Bertz CT molecular complexity index is 833. The highest BCUT2D eigenvalue weighted by molar-refractivity contribution is 7.90. The molecule has 22 heavy (non-hydrogen) atoms. The van der Waals surface area contributed by atoms with Crippen molar-refractivity contribution in [1.29, 1.82) is 0 Å². The largest absolute Gasteiger partial charge is 0.465 e. The van der Waals surface area contributed by atoms with Crippen molar-refractivity contribution in [2.75, 3.05) is 13.4 Å². The number of ether oxygens (including phenoxy) is 1. The van der Waals surface area contributed by atoms with E-state index in [1.54, 1.807) is 0 Å². The number of sulfone groups is 1. The van der Waals surface area contributed by atoms with Crippen molar-refractivity contribution >= 4 is 15.8 Å². The number of benzene rings is 1. The molecule has 2 aromatic rings. The normalized spacial score (nSPS) is 11.3. The lowest BCUT2D eigenvalue weighted by Gasteiger charge is -2.11. The number of esters is 1. The third kappa shape index (κ3) is 3.11. The van der Waals surface area contributed by atoms with Crippen molar-refractivity contribution in [3.8, 4) is 11.3 Å². The highest BCUT2D eigenvalue weighted by atomic mass is 32.2. The first-order valence-electron chi connectivity index (χ1n) is 6.17. The molecule has 0 saturated carbocycles. The quantitative estimate of drug-likeness (QED) is 0.632. The van der Waals surface area contributed by atoms with Gasteiger partial charge in [-0.05, 0) is 31.2 Å². The summed E-state index contributed by atoms with van der Waals surface area (Å²) >= 11 is 0. The summed E-state index contributed by atoms with van der Waals surface area (Å²) in [5.41, 5.74) is 0.681. The number of aromatic nitrogens is 2. The summed E-state index contributed by atoms with van der Waals surface area (Å²) in [5.74, 6) is -1.16. The fourth-order valence-corrected chi connectivity index (χ4v) is 2.44. The van der Waals surface area contributed by atoms with E-state index in [1.807, 2.05) is 0 Å². The number of aryl methyl sites for hydroxylation is 1. The number of methoxy groups -OCH3 is 1. The molecule has 0 radical (unpaired) electrons. The Morgan fingerprint density at radius 1 is 1.18 bits per heavy atom. The van der Waals surface area contributed by atoms with Crippen LogP contribution in [0.25, 0.3) is 11.3 Å². The monoisotopic (exact) mass is 324 g/mol. The Balaban J connectivity index is 2.80. The molecule has 0 aliphatic heterocycles. The Hall–Kier alpha value is -2.35. The van der Waals surface area contributed by atoms with Crippen LogP contribution in [0, 0.1) is 12.7 Å². The van der Waals surface area contributed by atoms with Gasteiger partial charge in [-0.3, -0.25) is 0 Å². The number of rotatable bonds is 3. The van der Waals surface area contributed by atoms with Crippen LogP contribution in [-0.4, -0.2) is 37.7 Å². The first kappa shape index (κ1) is 16.0. The van der Waals surface area contributed by atoms with E-state index in [2.05, 4.69) is 14.7 Å². The zero-order chi connectivity index (χ0) is 16.5. The smallest absolute Gasteiger partial charge is 0.341 e. The Labute approximate surface area is 126 Å². The van der Waals surface area contributed by atoms with Crippen molar-refractivity contribution in [3.63, 3.8) is 0 Å². The Morgan fingerprint density at radius 2 is 1.77 bits per heavy atom. The van der Waals surface area contributed by atoms with Crippen LogP contribution >= 0.6 is 0 Å². The average Bonchev–Trinajstić information content (AvgIpc) is 2.45. The summed E-state index contributed by atoms with van der Waals surface area (Å²) in [5, 5.41) is -0.406. The molecule has 0 aliphatic carbocycles. The van der Waals surface area contributed by atoms with Gasteiger partial charge < -0.3 is 4.74 Å². The highest BCUT2D eigenvalue weighted by Crippen LogP contribution is 2.25. The van der Waals surface area contributed by atoms with Gasteiger partial charge in [-0.25, -0.2) is 27.6 Å². The van der Waals surface area contributed by atoms with E-state index in [4.69, 9.17) is 0 Å². The predicted molar refractivity (Wildman–Crippen MR) is 76.6 cm³/mol. The predicted octanol–water partition coefficient (Wildman–Crippen LogP) is 1.78. The third-order valence-electron chi connectivity index (χ3n) is 2.91. The van der Waals surface area contributed by atoms with Gasteiger partial charge in [-0.1, -0.05) is 0 Å². The van der Waals surface area contributed by atoms with Crippen LogP contribution in [-0.2, 0) is 14.6 Å². The van der Waals surface area contributed by atoms with Crippen molar-refractivity contribution in [2.45, 2.75) is 12.1 Å². The minimum absolute atomic E-state index is 0.0431. The molecule has 0 bridgehead atoms. The van der Waals surface area contributed by atoms with E-state index in [0.29, 0.717) is 5.56 Å². The Kier molecular flexibility index (Phi) is 4.23. The molecular weight excluding hydrogens is 311 g/mol. The molecule has 0 N–H and O–H groups in total. The summed E-state index contributed by atoms with van der Waals surface area (Å²) < 4.78 is 41.1. The lowest BCUT2D eigenvalue weighted by molar-refractivity contribution is 0.0599. The second-order valence-corrected chi connectivity index (χ2v) is 6.50. The third-order valence-corrected chi connectivity index (χ3v) is 3.75. The van der Waals surface area contributed by atoms with E-state index in [9.17, 15) is 17.6 Å². The van der Waals surface area contributed by atoms with Gasteiger partial charge in [0.05, 0.1) is 18.5 Å². The Morgan fingerprint density at radius 3 is 2.27 bits per heavy atom. The molecule has 0 spiro atoms. The number of hydrogen-bond acceptors (Lipinski definition) is 6. The van der Waals surface area contributed by atoms with Crippen LogP contribution in [0.1, 0.15) is 16.1 Å². The van der Waals surface area contributed by atoms with Crippen molar-refractivity contribution in [1.82, 2.24) is 9.97 Å². The zero-order valence-corrected chi connectivity index (χ0v) is 12.9. The van der Waals surface area contributed by atoms with Gasteiger partial charge in [-0.15, -0.1) is 0 Å². The minimum atomic E-state index is -3.66. The molecule has 0 fully saturated rings. The topological polar surface area (TPSA) is 86.2 Å². The summed E-state index contributed by atoms with van der Waals surface area (Å²) in [6.07, 6.45) is 0.966. The highest BCUT2D eigenvalue weighted by Gasteiger charge is 2.23. The van der Waals surface area contributed by atoms with Crippen LogP contribution in [0.5, 0.6) is 0 Å². The molecule has 6 nitrogen and oxygen atoms in total. The molecule has 2 rings (SSSR count).